The van der Waals surface area contributed by atoms with Crippen LogP contribution in [-0.4, -0.2) is 14.8 Å². The Morgan fingerprint density at radius 2 is 2.00 bits per heavy atom. The molecule has 0 aliphatic carbocycles. The molecule has 5 nitrogen and oxygen atoms in total. The van der Waals surface area contributed by atoms with Crippen molar-refractivity contribution in [2.75, 3.05) is 0 Å². The zero-order chi connectivity index (χ0) is 9.54. The Bertz CT molecular complexity index is 616. The predicted molar refractivity (Wildman–Crippen MR) is 49.5 cm³/mol. The average molecular weight is 186 g/mol. The van der Waals surface area contributed by atoms with Gasteiger partial charge in [-0.1, -0.05) is 18.2 Å². The second-order valence-corrected chi connectivity index (χ2v) is 3.00. The van der Waals surface area contributed by atoms with Crippen molar-refractivity contribution >= 4 is 16.6 Å². The second-order valence-electron chi connectivity index (χ2n) is 3.00. The van der Waals surface area contributed by atoms with Crippen molar-refractivity contribution in [2.45, 2.75) is 0 Å². The lowest BCUT2D eigenvalue weighted by Gasteiger charge is -1.99. The maximum absolute atomic E-state index is 11.3. The van der Waals surface area contributed by atoms with Gasteiger partial charge in [0.2, 0.25) is 0 Å². The van der Waals surface area contributed by atoms with E-state index in [1.165, 1.54) is 4.52 Å². The van der Waals surface area contributed by atoms with Gasteiger partial charge in [-0.25, -0.2) is 0 Å². The minimum absolute atomic E-state index is 0.484. The number of hydrogen-bond acceptors (Lipinski definition) is 3. The maximum atomic E-state index is 11.3. The fourth-order valence-corrected chi connectivity index (χ4v) is 1.56. The summed E-state index contributed by atoms with van der Waals surface area (Å²) in [7, 11) is 0. The van der Waals surface area contributed by atoms with Gasteiger partial charge in [0.15, 0.2) is 5.21 Å². The zero-order valence-electron chi connectivity index (χ0n) is 7.16. The Kier molecular flexibility index (Phi) is 1.25. The van der Waals surface area contributed by atoms with E-state index >= 15 is 0 Å². The van der Waals surface area contributed by atoms with Crippen LogP contribution in [0, 0.1) is 5.21 Å². The van der Waals surface area contributed by atoms with Crippen LogP contribution < -0.4 is 4.96 Å². The van der Waals surface area contributed by atoms with Gasteiger partial charge in [0.1, 0.15) is 0 Å². The summed E-state index contributed by atoms with van der Waals surface area (Å²) >= 11 is 0. The summed E-state index contributed by atoms with van der Waals surface area (Å²) in [6.45, 7) is 0. The molecule has 1 aromatic carbocycles. The van der Waals surface area contributed by atoms with Crippen LogP contribution in [0.1, 0.15) is 0 Å². The fourth-order valence-electron chi connectivity index (χ4n) is 1.56. The number of fused-ring (bicyclic) bond motifs is 3. The largest absolute Gasteiger partial charge is 0.672 e. The van der Waals surface area contributed by atoms with Crippen molar-refractivity contribution in [2.24, 2.45) is 0 Å². The number of hydrogen-bond donors (Lipinski definition) is 0. The van der Waals surface area contributed by atoms with E-state index in [-0.39, 0.29) is 0 Å². The Morgan fingerprint density at radius 3 is 2.93 bits per heavy atom. The van der Waals surface area contributed by atoms with Crippen LogP contribution in [0.4, 0.5) is 0 Å². The molecule has 0 saturated carbocycles. The van der Waals surface area contributed by atoms with Crippen molar-refractivity contribution in [1.82, 2.24) is 14.8 Å². The first-order valence-electron chi connectivity index (χ1n) is 4.19. The summed E-state index contributed by atoms with van der Waals surface area (Å²) in [6, 6.07) is 11.3. The van der Waals surface area contributed by atoms with Crippen molar-refractivity contribution < 1.29 is 4.96 Å². The third kappa shape index (κ3) is 0.806. The van der Waals surface area contributed by atoms with Crippen molar-refractivity contribution in [1.29, 1.82) is 0 Å². The molecule has 5 heteroatoms. The molecule has 0 fully saturated rings. The van der Waals surface area contributed by atoms with E-state index in [0.29, 0.717) is 10.6 Å². The van der Waals surface area contributed by atoms with Gasteiger partial charge in [-0.2, -0.15) is 0 Å². The molecule has 0 amide bonds. The summed E-state index contributed by atoms with van der Waals surface area (Å²) < 4.78 is 1.43. The third-order valence-electron chi connectivity index (χ3n) is 2.19. The summed E-state index contributed by atoms with van der Waals surface area (Å²) in [5.41, 5.74) is 1.36. The summed E-state index contributed by atoms with van der Waals surface area (Å²) in [6.07, 6.45) is 0. The van der Waals surface area contributed by atoms with Crippen LogP contribution in [0.15, 0.2) is 36.4 Å². The normalized spacial score (nSPS) is 11.1. The minimum Gasteiger partial charge on any atom is -0.672 e. The smallest absolute Gasteiger partial charge is 0.313 e. The van der Waals surface area contributed by atoms with E-state index in [1.807, 2.05) is 30.3 Å². The Balaban J connectivity index is 2.65. The molecule has 0 N–H and O–H groups in total. The number of para-hydroxylation sites is 1. The first-order valence-corrected chi connectivity index (χ1v) is 4.19. The average Bonchev–Trinajstić information content (AvgIpc) is 2.61. The molecule has 14 heavy (non-hydrogen) atoms. The molecule has 2 heterocycles. The molecule has 0 radical (unpaired) electrons. The molecule has 68 valence electrons. The lowest BCUT2D eigenvalue weighted by Crippen LogP contribution is -2.36. The Hall–Kier alpha value is -2.17. The van der Waals surface area contributed by atoms with E-state index in [1.54, 1.807) is 6.07 Å². The quantitative estimate of drug-likeness (QED) is 0.380. The van der Waals surface area contributed by atoms with E-state index in [9.17, 15) is 5.21 Å². The highest BCUT2D eigenvalue weighted by Gasteiger charge is 2.09. The number of tetrazole rings is 1. The molecule has 0 aliphatic rings. The van der Waals surface area contributed by atoms with Crippen LogP contribution in [0.2, 0.25) is 0 Å². The van der Waals surface area contributed by atoms with E-state index in [4.69, 9.17) is 0 Å². The number of aromatic nitrogens is 4. The van der Waals surface area contributed by atoms with Gasteiger partial charge in [0.05, 0.1) is 10.6 Å². The zero-order valence-corrected chi connectivity index (χ0v) is 7.16. The second kappa shape index (κ2) is 2.41. The van der Waals surface area contributed by atoms with Gasteiger partial charge < -0.3 is 5.21 Å². The van der Waals surface area contributed by atoms with E-state index < -0.39 is 0 Å². The highest BCUT2D eigenvalue weighted by Crippen LogP contribution is 2.12. The molecule has 2 aromatic heterocycles. The molecule has 0 bridgehead atoms. The SMILES string of the molecule is [O-][n+]1nnc2ccc3ccccc3n21. The number of pyridine rings is 1. The van der Waals surface area contributed by atoms with Crippen molar-refractivity contribution in [3.05, 3.63) is 41.6 Å². The van der Waals surface area contributed by atoms with Gasteiger partial charge in [-0.05, 0) is 17.1 Å². The van der Waals surface area contributed by atoms with E-state index in [0.717, 1.165) is 10.9 Å². The summed E-state index contributed by atoms with van der Waals surface area (Å²) in [4.78, 5) is 0.484. The standard InChI is InChI=1S/C9H6N4O/c14-13-11-10-9-6-5-7-3-1-2-4-8(7)12(9)13/h1-6H. The third-order valence-corrected chi connectivity index (χ3v) is 2.19. The highest BCUT2D eigenvalue weighted by atomic mass is 16.5. The number of nitrogens with zero attached hydrogens (tertiary/aromatic N) is 4. The van der Waals surface area contributed by atoms with Crippen molar-refractivity contribution in [3.8, 4) is 0 Å². The van der Waals surface area contributed by atoms with Gasteiger partial charge >= 0.3 is 5.65 Å². The summed E-state index contributed by atoms with van der Waals surface area (Å²) in [5, 5.41) is 19.4. The fraction of sp³-hybridized carbons (Fsp3) is 0. The molecule has 0 unspecified atom stereocenters. The molecule has 3 rings (SSSR count). The van der Waals surface area contributed by atoms with Crippen LogP contribution in [0.25, 0.3) is 16.6 Å². The van der Waals surface area contributed by atoms with Gasteiger partial charge in [-0.3, -0.25) is 0 Å². The molecule has 0 aliphatic heterocycles. The molecule has 0 spiro atoms. The molecule has 0 saturated heterocycles. The molecular weight excluding hydrogens is 180 g/mol. The van der Waals surface area contributed by atoms with Crippen LogP contribution in [-0.2, 0) is 0 Å². The molecule has 0 atom stereocenters. The Morgan fingerprint density at radius 1 is 1.14 bits per heavy atom. The van der Waals surface area contributed by atoms with Gasteiger partial charge in [0, 0.05) is 11.5 Å². The first-order chi connectivity index (χ1) is 6.86. The van der Waals surface area contributed by atoms with Crippen molar-refractivity contribution in [3.63, 3.8) is 0 Å². The number of benzene rings is 1. The minimum atomic E-state index is 0.484. The predicted octanol–water partition coefficient (Wildman–Crippen LogP) is 0.516. The first kappa shape index (κ1) is 7.25. The summed E-state index contributed by atoms with van der Waals surface area (Å²) in [5.74, 6) is 0. The molecular formula is C9H6N4O. The monoisotopic (exact) mass is 186 g/mol. The van der Waals surface area contributed by atoms with Crippen LogP contribution >= 0.6 is 0 Å². The Labute approximate surface area is 78.8 Å². The highest BCUT2D eigenvalue weighted by molar-refractivity contribution is 5.80. The van der Waals surface area contributed by atoms with E-state index in [2.05, 4.69) is 10.3 Å². The molecule has 3 aromatic rings. The maximum Gasteiger partial charge on any atom is 0.313 e. The van der Waals surface area contributed by atoms with Crippen LogP contribution in [0.3, 0.4) is 0 Å². The van der Waals surface area contributed by atoms with Gasteiger partial charge in [-0.15, -0.1) is 4.52 Å². The topological polar surface area (TPSA) is 57.1 Å². The lowest BCUT2D eigenvalue weighted by molar-refractivity contribution is -0.734. The van der Waals surface area contributed by atoms with Crippen LogP contribution in [0.5, 0.6) is 0 Å². The van der Waals surface area contributed by atoms with Gasteiger partial charge in [0.25, 0.3) is 0 Å². The number of rotatable bonds is 0. The lowest BCUT2D eigenvalue weighted by atomic mass is 10.2.